The van der Waals surface area contributed by atoms with Crippen molar-refractivity contribution in [1.29, 1.82) is 0 Å². The molecule has 1 amide bonds. The second-order valence-electron chi connectivity index (χ2n) is 6.81. The maximum Gasteiger partial charge on any atom is 0.352 e. The first-order chi connectivity index (χ1) is 14.1. The highest BCUT2D eigenvalue weighted by atomic mass is 16.5. The minimum Gasteiger partial charge on any atom is -0.345 e. The topological polar surface area (TPSA) is 125 Å². The number of nitrogens with one attached hydrogen (secondary N) is 1. The molecule has 0 spiro atoms. The number of benzene rings is 1. The van der Waals surface area contributed by atoms with Gasteiger partial charge in [-0.3, -0.25) is 14.2 Å². The van der Waals surface area contributed by atoms with Gasteiger partial charge in [-0.1, -0.05) is 36.2 Å². The Morgan fingerprint density at radius 1 is 1.21 bits per heavy atom. The van der Waals surface area contributed by atoms with Gasteiger partial charge in [0.1, 0.15) is 0 Å². The molecule has 0 atom stereocenters. The van der Waals surface area contributed by atoms with Crippen molar-refractivity contribution in [2.45, 2.75) is 45.2 Å². The van der Waals surface area contributed by atoms with Crippen LogP contribution < -0.4 is 16.6 Å². The molecule has 3 aromatic rings. The van der Waals surface area contributed by atoms with E-state index in [1.165, 1.54) is 0 Å². The largest absolute Gasteiger partial charge is 0.352 e. The Hall–Kier alpha value is -3.56. The van der Waals surface area contributed by atoms with Gasteiger partial charge in [-0.05, 0) is 31.9 Å². The molecule has 0 aliphatic heterocycles. The fourth-order valence-corrected chi connectivity index (χ4v) is 3.40. The molecule has 1 aromatic carbocycles. The standard InChI is InChI=1S/C19H20N6O4/c1-2-24-18(27)14(22-25(19(24)28)13-10-4-3-5-11-13)15-21-17(29-23-15)16(26)20-12-8-6-7-9-12/h3-5,10-12H,2,6-9H2,1H3,(H,20,26). The van der Waals surface area contributed by atoms with Crippen LogP contribution in [0.1, 0.15) is 43.3 Å². The Bertz CT molecular complexity index is 1140. The number of rotatable bonds is 5. The highest BCUT2D eigenvalue weighted by molar-refractivity contribution is 5.90. The Morgan fingerprint density at radius 3 is 2.62 bits per heavy atom. The van der Waals surface area contributed by atoms with Gasteiger partial charge in [0.2, 0.25) is 5.82 Å². The summed E-state index contributed by atoms with van der Waals surface area (Å²) >= 11 is 0. The van der Waals surface area contributed by atoms with Crippen LogP contribution in [0.15, 0.2) is 44.4 Å². The summed E-state index contributed by atoms with van der Waals surface area (Å²) < 4.78 is 7.18. The van der Waals surface area contributed by atoms with Crippen LogP contribution in [-0.2, 0) is 6.54 Å². The molecule has 0 saturated heterocycles. The number of aromatic nitrogens is 5. The summed E-state index contributed by atoms with van der Waals surface area (Å²) in [6, 6.07) is 8.79. The summed E-state index contributed by atoms with van der Waals surface area (Å²) in [5.41, 5.74) is -0.897. The average Bonchev–Trinajstić information content (AvgIpc) is 3.41. The molecule has 4 rings (SSSR count). The molecule has 10 nitrogen and oxygen atoms in total. The van der Waals surface area contributed by atoms with E-state index >= 15 is 0 Å². The SMILES string of the molecule is CCn1c(=O)c(-c2noc(C(=O)NC3CCCC3)n2)nn(-c2ccccc2)c1=O. The van der Waals surface area contributed by atoms with Crippen molar-refractivity contribution in [3.05, 3.63) is 57.1 Å². The van der Waals surface area contributed by atoms with Gasteiger partial charge in [-0.15, -0.1) is 0 Å². The van der Waals surface area contributed by atoms with Crippen LogP contribution in [0.25, 0.3) is 17.2 Å². The van der Waals surface area contributed by atoms with E-state index in [0.29, 0.717) is 5.69 Å². The van der Waals surface area contributed by atoms with E-state index in [-0.39, 0.29) is 30.0 Å². The van der Waals surface area contributed by atoms with E-state index in [1.807, 2.05) is 0 Å². The van der Waals surface area contributed by atoms with Crippen molar-refractivity contribution >= 4 is 5.91 Å². The lowest BCUT2D eigenvalue weighted by Crippen LogP contribution is -2.41. The average molecular weight is 396 g/mol. The van der Waals surface area contributed by atoms with Gasteiger partial charge in [0.05, 0.1) is 5.69 Å². The maximum absolute atomic E-state index is 12.7. The summed E-state index contributed by atoms with van der Waals surface area (Å²) in [7, 11) is 0. The fraction of sp³-hybridized carbons (Fsp3) is 0.368. The molecule has 1 saturated carbocycles. The number of nitrogens with zero attached hydrogens (tertiary/aromatic N) is 5. The molecule has 29 heavy (non-hydrogen) atoms. The molecule has 0 unspecified atom stereocenters. The van der Waals surface area contributed by atoms with Crippen molar-refractivity contribution in [3.63, 3.8) is 0 Å². The lowest BCUT2D eigenvalue weighted by Gasteiger charge is -2.09. The van der Waals surface area contributed by atoms with Gasteiger partial charge < -0.3 is 9.84 Å². The van der Waals surface area contributed by atoms with Crippen LogP contribution in [-0.4, -0.2) is 36.4 Å². The minimum absolute atomic E-state index is 0.0910. The summed E-state index contributed by atoms with van der Waals surface area (Å²) in [6.45, 7) is 1.82. The third kappa shape index (κ3) is 3.60. The maximum atomic E-state index is 12.7. The third-order valence-electron chi connectivity index (χ3n) is 4.90. The smallest absolute Gasteiger partial charge is 0.345 e. The predicted octanol–water partition coefficient (Wildman–Crippen LogP) is 1.14. The van der Waals surface area contributed by atoms with Gasteiger partial charge in [0.25, 0.3) is 5.56 Å². The Morgan fingerprint density at radius 2 is 1.93 bits per heavy atom. The molecule has 1 fully saturated rings. The molecule has 0 bridgehead atoms. The van der Waals surface area contributed by atoms with Gasteiger partial charge in [-0.2, -0.15) is 14.8 Å². The Labute approximate surface area is 165 Å². The van der Waals surface area contributed by atoms with Crippen LogP contribution >= 0.6 is 0 Å². The van der Waals surface area contributed by atoms with E-state index in [0.717, 1.165) is 34.9 Å². The van der Waals surface area contributed by atoms with Gasteiger partial charge >= 0.3 is 17.5 Å². The zero-order valence-corrected chi connectivity index (χ0v) is 15.9. The van der Waals surface area contributed by atoms with Gasteiger partial charge in [-0.25, -0.2) is 4.79 Å². The van der Waals surface area contributed by atoms with Crippen molar-refractivity contribution in [3.8, 4) is 17.2 Å². The highest BCUT2D eigenvalue weighted by Gasteiger charge is 2.24. The molecular weight excluding hydrogens is 376 g/mol. The first kappa shape index (κ1) is 18.8. The number of carbonyl (C=O) groups is 1. The first-order valence-corrected chi connectivity index (χ1v) is 9.53. The monoisotopic (exact) mass is 396 g/mol. The molecule has 1 N–H and O–H groups in total. The zero-order chi connectivity index (χ0) is 20.4. The lowest BCUT2D eigenvalue weighted by atomic mass is 10.2. The molecule has 10 heteroatoms. The molecule has 1 aliphatic rings. The quantitative estimate of drug-likeness (QED) is 0.685. The van der Waals surface area contributed by atoms with E-state index in [2.05, 4.69) is 20.6 Å². The zero-order valence-electron chi connectivity index (χ0n) is 15.9. The fourth-order valence-electron chi connectivity index (χ4n) is 3.40. The summed E-state index contributed by atoms with van der Waals surface area (Å²) in [6.07, 6.45) is 3.97. The van der Waals surface area contributed by atoms with Crippen LogP contribution in [0.3, 0.4) is 0 Å². The van der Waals surface area contributed by atoms with Crippen molar-refractivity contribution in [2.75, 3.05) is 0 Å². The molecule has 2 aromatic heterocycles. The van der Waals surface area contributed by atoms with E-state index in [4.69, 9.17) is 4.52 Å². The molecule has 0 radical (unpaired) electrons. The van der Waals surface area contributed by atoms with Crippen LogP contribution in [0.5, 0.6) is 0 Å². The third-order valence-corrected chi connectivity index (χ3v) is 4.90. The van der Waals surface area contributed by atoms with Crippen molar-refractivity contribution in [1.82, 2.24) is 29.8 Å². The predicted molar refractivity (Wildman–Crippen MR) is 103 cm³/mol. The minimum atomic E-state index is -0.645. The Kier molecular flexibility index (Phi) is 5.07. The van der Waals surface area contributed by atoms with E-state index in [1.54, 1.807) is 37.3 Å². The number of para-hydroxylation sites is 1. The molecular formula is C19H20N6O4. The summed E-state index contributed by atoms with van der Waals surface area (Å²) in [5, 5.41) is 10.7. The van der Waals surface area contributed by atoms with Crippen LogP contribution in [0.2, 0.25) is 0 Å². The van der Waals surface area contributed by atoms with Crippen LogP contribution in [0.4, 0.5) is 0 Å². The highest BCUT2D eigenvalue weighted by Crippen LogP contribution is 2.18. The van der Waals surface area contributed by atoms with E-state index < -0.39 is 17.2 Å². The first-order valence-electron chi connectivity index (χ1n) is 9.53. The number of amides is 1. The number of carbonyl (C=O) groups excluding carboxylic acids is 1. The normalized spacial score (nSPS) is 14.2. The number of hydrogen-bond donors (Lipinski definition) is 1. The Balaban J connectivity index is 1.73. The summed E-state index contributed by atoms with van der Waals surface area (Å²) in [4.78, 5) is 41.7. The molecule has 1 aliphatic carbocycles. The summed E-state index contributed by atoms with van der Waals surface area (Å²) in [5.74, 6) is -0.866. The van der Waals surface area contributed by atoms with Crippen molar-refractivity contribution in [2.24, 2.45) is 0 Å². The van der Waals surface area contributed by atoms with E-state index in [9.17, 15) is 14.4 Å². The van der Waals surface area contributed by atoms with Crippen LogP contribution in [0, 0.1) is 0 Å². The second kappa shape index (κ2) is 7.82. The second-order valence-corrected chi connectivity index (χ2v) is 6.81. The van der Waals surface area contributed by atoms with Gasteiger partial charge in [0.15, 0.2) is 5.69 Å². The van der Waals surface area contributed by atoms with Gasteiger partial charge in [0, 0.05) is 12.6 Å². The molecule has 2 heterocycles. The van der Waals surface area contributed by atoms with Crippen molar-refractivity contribution < 1.29 is 9.32 Å². The molecule has 150 valence electrons. The number of hydrogen-bond acceptors (Lipinski definition) is 7. The lowest BCUT2D eigenvalue weighted by molar-refractivity contribution is 0.0893.